The molecule has 0 aliphatic carbocycles. The Morgan fingerprint density at radius 1 is 1.07 bits per heavy atom. The van der Waals surface area contributed by atoms with Crippen molar-refractivity contribution in [3.05, 3.63) is 41.5 Å². The topological polar surface area (TPSA) is 120 Å². The molecule has 1 aliphatic rings. The van der Waals surface area contributed by atoms with Crippen LogP contribution in [0.4, 0.5) is 0 Å². The standard InChI is InChI=1S/C18H25N3O6S2/c1-18(2,3)17-19-16(20-27-17)13-28(22,23)12-14-5-4-6-15(11-14)29(24,25)21-7-9-26-10-8-21/h4-6,11H,7-10,12-13H2,1-3H3. The quantitative estimate of drug-likeness (QED) is 0.659. The minimum absolute atomic E-state index is 0.0710. The summed E-state index contributed by atoms with van der Waals surface area (Å²) in [7, 11) is -7.31. The van der Waals surface area contributed by atoms with E-state index in [1.54, 1.807) is 12.1 Å². The second-order valence-electron chi connectivity index (χ2n) is 7.96. The van der Waals surface area contributed by atoms with Gasteiger partial charge < -0.3 is 9.26 Å². The first-order valence-corrected chi connectivity index (χ1v) is 12.4. The smallest absolute Gasteiger partial charge is 0.243 e. The molecule has 0 spiro atoms. The van der Waals surface area contributed by atoms with Crippen molar-refractivity contribution in [3.63, 3.8) is 0 Å². The summed E-state index contributed by atoms with van der Waals surface area (Å²) in [6.45, 7) is 6.90. The van der Waals surface area contributed by atoms with E-state index >= 15 is 0 Å². The van der Waals surface area contributed by atoms with E-state index in [-0.39, 0.29) is 40.7 Å². The van der Waals surface area contributed by atoms with Crippen LogP contribution in [0.1, 0.15) is 38.0 Å². The molecule has 0 radical (unpaired) electrons. The van der Waals surface area contributed by atoms with Crippen molar-refractivity contribution < 1.29 is 26.1 Å². The monoisotopic (exact) mass is 443 g/mol. The molecule has 3 rings (SSSR count). The zero-order valence-electron chi connectivity index (χ0n) is 16.7. The lowest BCUT2D eigenvalue weighted by Gasteiger charge is -2.26. The zero-order chi connectivity index (χ0) is 21.3. The molecule has 160 valence electrons. The molecular weight excluding hydrogens is 418 g/mol. The lowest BCUT2D eigenvalue weighted by atomic mass is 9.97. The first kappa shape index (κ1) is 21.9. The second-order valence-corrected chi connectivity index (χ2v) is 12.0. The van der Waals surface area contributed by atoms with Crippen LogP contribution in [0.15, 0.2) is 33.7 Å². The Balaban J connectivity index is 1.76. The van der Waals surface area contributed by atoms with Gasteiger partial charge in [-0.1, -0.05) is 38.1 Å². The van der Waals surface area contributed by atoms with Crippen LogP contribution in [-0.4, -0.2) is 57.6 Å². The van der Waals surface area contributed by atoms with Crippen LogP contribution in [0.3, 0.4) is 0 Å². The van der Waals surface area contributed by atoms with Crippen molar-refractivity contribution in [2.24, 2.45) is 0 Å². The molecular formula is C18H25N3O6S2. The molecule has 1 aromatic carbocycles. The third-order valence-corrected chi connectivity index (χ3v) is 7.72. The molecule has 9 nitrogen and oxygen atoms in total. The fourth-order valence-electron chi connectivity index (χ4n) is 2.85. The van der Waals surface area contributed by atoms with Gasteiger partial charge in [0.15, 0.2) is 15.7 Å². The van der Waals surface area contributed by atoms with Gasteiger partial charge in [-0.25, -0.2) is 16.8 Å². The highest BCUT2D eigenvalue weighted by Gasteiger charge is 2.27. The van der Waals surface area contributed by atoms with E-state index < -0.39 is 19.9 Å². The van der Waals surface area contributed by atoms with Crippen LogP contribution >= 0.6 is 0 Å². The summed E-state index contributed by atoms with van der Waals surface area (Å²) in [6.07, 6.45) is 0. The van der Waals surface area contributed by atoms with Gasteiger partial charge in [0, 0.05) is 18.5 Å². The van der Waals surface area contributed by atoms with Gasteiger partial charge in [0.05, 0.1) is 23.9 Å². The Morgan fingerprint density at radius 2 is 1.76 bits per heavy atom. The van der Waals surface area contributed by atoms with Gasteiger partial charge in [-0.3, -0.25) is 0 Å². The predicted molar refractivity (Wildman–Crippen MR) is 105 cm³/mol. The Labute approximate surface area is 171 Å². The minimum Gasteiger partial charge on any atom is -0.379 e. The summed E-state index contributed by atoms with van der Waals surface area (Å²) in [5.74, 6) is -0.250. The Bertz CT molecular complexity index is 1070. The summed E-state index contributed by atoms with van der Waals surface area (Å²) in [4.78, 5) is 4.23. The molecule has 0 bridgehead atoms. The Hall–Kier alpha value is -1.82. The minimum atomic E-state index is -3.69. The first-order valence-electron chi connectivity index (χ1n) is 9.18. The highest BCUT2D eigenvalue weighted by molar-refractivity contribution is 7.90. The highest BCUT2D eigenvalue weighted by atomic mass is 32.2. The molecule has 1 fully saturated rings. The van der Waals surface area contributed by atoms with Crippen molar-refractivity contribution in [1.29, 1.82) is 0 Å². The summed E-state index contributed by atoms with van der Waals surface area (Å²) < 4.78 is 62.4. The molecule has 1 aliphatic heterocycles. The molecule has 0 atom stereocenters. The van der Waals surface area contributed by atoms with Crippen LogP contribution in [0.5, 0.6) is 0 Å². The number of rotatable bonds is 6. The van der Waals surface area contributed by atoms with Crippen LogP contribution in [0, 0.1) is 0 Å². The molecule has 0 unspecified atom stereocenters. The number of aromatic nitrogens is 2. The Morgan fingerprint density at radius 3 is 2.38 bits per heavy atom. The van der Waals surface area contributed by atoms with Crippen LogP contribution in [0.25, 0.3) is 0 Å². The fraction of sp³-hybridized carbons (Fsp3) is 0.556. The number of hydrogen-bond acceptors (Lipinski definition) is 8. The van der Waals surface area contributed by atoms with Gasteiger partial charge in [0.25, 0.3) is 0 Å². The summed E-state index contributed by atoms with van der Waals surface area (Å²) in [5.41, 5.74) is 0.0101. The van der Waals surface area contributed by atoms with E-state index in [9.17, 15) is 16.8 Å². The van der Waals surface area contributed by atoms with Crippen molar-refractivity contribution >= 4 is 19.9 Å². The molecule has 0 saturated carbocycles. The van der Waals surface area contributed by atoms with E-state index in [1.165, 1.54) is 16.4 Å². The normalized spacial score (nSPS) is 16.8. The van der Waals surface area contributed by atoms with Crippen LogP contribution < -0.4 is 0 Å². The number of nitrogens with zero attached hydrogens (tertiary/aromatic N) is 3. The maximum absolute atomic E-state index is 12.8. The number of morpholine rings is 1. The third kappa shape index (κ3) is 5.41. The predicted octanol–water partition coefficient (Wildman–Crippen LogP) is 1.50. The zero-order valence-corrected chi connectivity index (χ0v) is 18.3. The average molecular weight is 444 g/mol. The number of sulfone groups is 1. The summed E-state index contributed by atoms with van der Waals surface area (Å²) in [5, 5.41) is 3.75. The summed E-state index contributed by atoms with van der Waals surface area (Å²) >= 11 is 0. The average Bonchev–Trinajstić information content (AvgIpc) is 3.10. The fourth-order valence-corrected chi connectivity index (χ4v) is 5.63. The summed E-state index contributed by atoms with van der Waals surface area (Å²) in [6, 6.07) is 6.01. The van der Waals surface area contributed by atoms with Crippen LogP contribution in [-0.2, 0) is 41.5 Å². The van der Waals surface area contributed by atoms with E-state index in [1.807, 2.05) is 20.8 Å². The third-order valence-electron chi connectivity index (χ3n) is 4.35. The van der Waals surface area contributed by atoms with Crippen LogP contribution in [0.2, 0.25) is 0 Å². The lowest BCUT2D eigenvalue weighted by molar-refractivity contribution is 0.0730. The number of hydrogen-bond donors (Lipinski definition) is 0. The molecule has 29 heavy (non-hydrogen) atoms. The van der Waals surface area contributed by atoms with Gasteiger partial charge in [-0.15, -0.1) is 0 Å². The largest absolute Gasteiger partial charge is 0.379 e. The van der Waals surface area contributed by atoms with Gasteiger partial charge in [0.1, 0.15) is 5.75 Å². The van der Waals surface area contributed by atoms with Gasteiger partial charge in [0.2, 0.25) is 15.9 Å². The number of ether oxygens (including phenoxy) is 1. The second kappa shape index (κ2) is 8.13. The van der Waals surface area contributed by atoms with Gasteiger partial charge in [-0.2, -0.15) is 9.29 Å². The van der Waals surface area contributed by atoms with Crippen molar-refractivity contribution in [1.82, 2.24) is 14.4 Å². The lowest BCUT2D eigenvalue weighted by Crippen LogP contribution is -2.40. The van der Waals surface area contributed by atoms with E-state index in [0.29, 0.717) is 24.7 Å². The number of benzene rings is 1. The van der Waals surface area contributed by atoms with Crippen molar-refractivity contribution in [2.75, 3.05) is 26.3 Å². The van der Waals surface area contributed by atoms with Gasteiger partial charge >= 0.3 is 0 Å². The maximum atomic E-state index is 12.8. The SMILES string of the molecule is CC(C)(C)c1nc(CS(=O)(=O)Cc2cccc(S(=O)(=O)N3CCOCC3)c2)no1. The first-order chi connectivity index (χ1) is 13.5. The molecule has 11 heteroatoms. The molecule has 2 aromatic rings. The highest BCUT2D eigenvalue weighted by Crippen LogP contribution is 2.22. The number of sulfonamides is 1. The maximum Gasteiger partial charge on any atom is 0.243 e. The molecule has 2 heterocycles. The molecule has 0 amide bonds. The van der Waals surface area contributed by atoms with Gasteiger partial charge in [-0.05, 0) is 17.7 Å². The molecule has 0 N–H and O–H groups in total. The molecule has 1 aromatic heterocycles. The van der Waals surface area contributed by atoms with E-state index in [2.05, 4.69) is 10.1 Å². The Kier molecular flexibility index (Phi) is 6.13. The molecule has 1 saturated heterocycles. The van der Waals surface area contributed by atoms with Crippen molar-refractivity contribution in [2.45, 2.75) is 42.6 Å². The van der Waals surface area contributed by atoms with Crippen molar-refractivity contribution in [3.8, 4) is 0 Å². The van der Waals surface area contributed by atoms with E-state index in [0.717, 1.165) is 0 Å². The van der Waals surface area contributed by atoms with E-state index in [4.69, 9.17) is 9.26 Å².